The molecular weight excluding hydrogens is 709 g/mol. The summed E-state index contributed by atoms with van der Waals surface area (Å²) in [6.45, 7) is 13.3. The van der Waals surface area contributed by atoms with E-state index in [1.807, 2.05) is 13.8 Å². The molecule has 5 saturated heterocycles. The van der Waals surface area contributed by atoms with Crippen molar-refractivity contribution in [2.24, 2.45) is 11.8 Å². The molecule has 13 atom stereocenters. The summed E-state index contributed by atoms with van der Waals surface area (Å²) in [5, 5.41) is 78.7. The minimum absolute atomic E-state index is 0.0264. The predicted molar refractivity (Wildman–Crippen MR) is 174 cm³/mol. The summed E-state index contributed by atoms with van der Waals surface area (Å²) in [5.41, 5.74) is -2.35. The number of hydrogen-bond acceptors (Lipinski definition) is 16. The SMILES string of the molecule is CO[C@@]1(C)O[C@@H]2[C@@H](CO)CNC[C@H]2O[C@]1(C)CO.C[C@@H]1OC[C@@H]2OC(C)(C)[C@](C)(CO)O[C@H]2[C@@H]1O.O=C(O)C(F)(F)F.OC[C@H]1CNC[C@@H](O)[C@@H]1O. The Kier molecular flexibility index (Phi) is 17.1. The van der Waals surface area contributed by atoms with Crippen molar-refractivity contribution in [2.45, 2.75) is 119 Å². The second kappa shape index (κ2) is 19.0. The maximum Gasteiger partial charge on any atom is 0.490 e. The van der Waals surface area contributed by atoms with E-state index in [4.69, 9.17) is 48.5 Å². The van der Waals surface area contributed by atoms with Crippen LogP contribution in [0.3, 0.4) is 0 Å². The molecule has 0 aromatic rings. The van der Waals surface area contributed by atoms with Gasteiger partial charge in [-0.25, -0.2) is 4.79 Å². The van der Waals surface area contributed by atoms with E-state index in [1.165, 1.54) is 7.11 Å². The topological polar surface area (TPSA) is 258 Å². The van der Waals surface area contributed by atoms with Gasteiger partial charge in [-0.1, -0.05) is 0 Å². The number of aliphatic hydroxyl groups is 7. The van der Waals surface area contributed by atoms with Crippen LogP contribution in [-0.2, 0) is 33.2 Å². The van der Waals surface area contributed by atoms with E-state index in [-0.39, 0.29) is 62.7 Å². The molecule has 0 spiro atoms. The maximum absolute atomic E-state index is 10.6. The fraction of sp³-hybridized carbons (Fsp3) is 0.969. The zero-order valence-corrected chi connectivity index (χ0v) is 30.7. The molecule has 0 bridgehead atoms. The standard InChI is InChI=1S/C12H23NO5.C12H22O5.C6H13NO3.C2HF3O2/c1-11(7-15)12(2,16-3)18-10-8(6-14)4-13-5-9(10)17-11;1-7-9(14)10-8(5-15-7)16-11(2,3)12(4,6-13)17-10;8-3-4-1-7-2-5(9)6(4)10;3-2(4,5)1(6)7/h8-10,13-15H,4-7H2,1-3H3;7-10,13-14H,5-6H2,1-4H3;4-10H,1-3H2;(H,6,7)/t8-,9-,10-,11-,12+;7-,8-,9+,10+,12-;4-,5-,6-;/m101./s1. The Hall–Kier alpha value is -1.34. The highest BCUT2D eigenvalue weighted by atomic mass is 19.4. The van der Waals surface area contributed by atoms with Crippen LogP contribution in [0.2, 0.25) is 0 Å². The second-order valence-corrected chi connectivity index (χ2v) is 14.5. The molecule has 308 valence electrons. The zero-order valence-electron chi connectivity index (χ0n) is 30.7. The van der Waals surface area contributed by atoms with Gasteiger partial charge in [0.25, 0.3) is 0 Å². The molecular formula is C32H59F3N2O15. The van der Waals surface area contributed by atoms with Gasteiger partial charge in [0, 0.05) is 58.3 Å². The highest BCUT2D eigenvalue weighted by molar-refractivity contribution is 5.73. The number of alkyl halides is 3. The Morgan fingerprint density at radius 2 is 1.31 bits per heavy atom. The number of methoxy groups -OCH3 is 1. The fourth-order valence-electron chi connectivity index (χ4n) is 6.16. The third-order valence-electron chi connectivity index (χ3n) is 10.5. The van der Waals surface area contributed by atoms with Crippen LogP contribution >= 0.6 is 0 Å². The number of aliphatic carboxylic acids is 1. The van der Waals surface area contributed by atoms with Crippen LogP contribution < -0.4 is 10.6 Å². The van der Waals surface area contributed by atoms with Crippen molar-refractivity contribution in [1.82, 2.24) is 10.6 Å². The average molecular weight is 769 g/mol. The van der Waals surface area contributed by atoms with Gasteiger partial charge in [-0.05, 0) is 41.5 Å². The number of carboxylic acid groups (broad SMARTS) is 1. The maximum atomic E-state index is 10.6. The average Bonchev–Trinajstić information content (AvgIpc) is 3.09. The van der Waals surface area contributed by atoms with Gasteiger partial charge in [-0.3, -0.25) is 0 Å². The van der Waals surface area contributed by atoms with E-state index in [2.05, 4.69) is 10.6 Å². The van der Waals surface area contributed by atoms with Crippen LogP contribution in [0, 0.1) is 11.8 Å². The summed E-state index contributed by atoms with van der Waals surface area (Å²) in [6, 6.07) is 0. The molecule has 52 heavy (non-hydrogen) atoms. The molecule has 0 aromatic heterocycles. The van der Waals surface area contributed by atoms with Crippen LogP contribution in [0.4, 0.5) is 13.2 Å². The molecule has 0 aliphatic carbocycles. The van der Waals surface area contributed by atoms with Crippen LogP contribution in [0.15, 0.2) is 0 Å². The van der Waals surface area contributed by atoms with Gasteiger partial charge in [0.1, 0.15) is 29.5 Å². The summed E-state index contributed by atoms with van der Waals surface area (Å²) in [6.07, 6.45) is -8.71. The first-order valence-electron chi connectivity index (χ1n) is 17.1. The monoisotopic (exact) mass is 768 g/mol. The van der Waals surface area contributed by atoms with Gasteiger partial charge in [-0.2, -0.15) is 13.2 Å². The largest absolute Gasteiger partial charge is 0.490 e. The smallest absolute Gasteiger partial charge is 0.475 e. The molecule has 5 heterocycles. The lowest BCUT2D eigenvalue weighted by Gasteiger charge is -2.55. The summed E-state index contributed by atoms with van der Waals surface area (Å²) in [7, 11) is 1.53. The number of ether oxygens (including phenoxy) is 6. The zero-order chi connectivity index (χ0) is 39.9. The number of hydrogen-bond donors (Lipinski definition) is 10. The highest BCUT2D eigenvalue weighted by Gasteiger charge is 2.58. The molecule has 0 aromatic carbocycles. The summed E-state index contributed by atoms with van der Waals surface area (Å²) in [5.74, 6) is -4.02. The van der Waals surface area contributed by atoms with E-state index in [0.29, 0.717) is 32.8 Å². The fourth-order valence-corrected chi connectivity index (χ4v) is 6.16. The van der Waals surface area contributed by atoms with Gasteiger partial charge in [0.15, 0.2) is 5.79 Å². The summed E-state index contributed by atoms with van der Waals surface area (Å²) < 4.78 is 66.5. The Morgan fingerprint density at radius 3 is 1.79 bits per heavy atom. The molecule has 5 aliphatic rings. The van der Waals surface area contributed by atoms with Crippen molar-refractivity contribution in [3.8, 4) is 0 Å². The first-order chi connectivity index (χ1) is 24.0. The first-order valence-corrected chi connectivity index (χ1v) is 17.1. The number of halogens is 3. The van der Waals surface area contributed by atoms with Gasteiger partial charge in [0.2, 0.25) is 0 Å². The van der Waals surface area contributed by atoms with Gasteiger partial charge >= 0.3 is 12.1 Å². The van der Waals surface area contributed by atoms with Crippen LogP contribution in [0.25, 0.3) is 0 Å². The minimum Gasteiger partial charge on any atom is -0.475 e. The Labute approximate surface area is 301 Å². The van der Waals surface area contributed by atoms with Crippen molar-refractivity contribution >= 4 is 5.97 Å². The molecule has 5 aliphatic heterocycles. The molecule has 20 heteroatoms. The lowest BCUT2D eigenvalue weighted by Crippen LogP contribution is -2.70. The quantitative estimate of drug-likeness (QED) is 0.141. The van der Waals surface area contributed by atoms with Crippen molar-refractivity contribution in [2.75, 3.05) is 66.3 Å². The Balaban J connectivity index is 0.000000255. The minimum atomic E-state index is -5.08. The van der Waals surface area contributed by atoms with E-state index < -0.39 is 59.2 Å². The number of rotatable bonds is 5. The van der Waals surface area contributed by atoms with Gasteiger partial charge in [-0.15, -0.1) is 0 Å². The van der Waals surface area contributed by atoms with Gasteiger partial charge in [0.05, 0.1) is 55.9 Å². The van der Waals surface area contributed by atoms with Gasteiger partial charge < -0.3 is 79.9 Å². The Morgan fingerprint density at radius 1 is 0.769 bits per heavy atom. The van der Waals surface area contributed by atoms with E-state index in [9.17, 15) is 38.7 Å². The van der Waals surface area contributed by atoms with E-state index >= 15 is 0 Å². The first kappa shape index (κ1) is 46.8. The summed E-state index contributed by atoms with van der Waals surface area (Å²) >= 11 is 0. The molecule has 5 rings (SSSR count). The number of carboxylic acids is 1. The normalized spacial score (nSPS) is 42.7. The molecule has 0 unspecified atom stereocenters. The lowest BCUT2D eigenvalue weighted by molar-refractivity contribution is -0.400. The van der Waals surface area contributed by atoms with Crippen molar-refractivity contribution < 1.29 is 87.2 Å². The highest BCUT2D eigenvalue weighted by Crippen LogP contribution is 2.42. The van der Waals surface area contributed by atoms with E-state index in [0.717, 1.165) is 0 Å². The number of fused-ring (bicyclic) bond motifs is 2. The third kappa shape index (κ3) is 10.9. The third-order valence-corrected chi connectivity index (χ3v) is 10.5. The number of aliphatic hydroxyl groups excluding tert-OH is 7. The molecule has 10 N–H and O–H groups in total. The van der Waals surface area contributed by atoms with Crippen molar-refractivity contribution in [3.63, 3.8) is 0 Å². The number of piperidine rings is 2. The molecule has 0 amide bonds. The Bertz CT molecular complexity index is 1110. The summed E-state index contributed by atoms with van der Waals surface area (Å²) in [4.78, 5) is 8.90. The second-order valence-electron chi connectivity index (χ2n) is 14.5. The predicted octanol–water partition coefficient (Wildman–Crippen LogP) is -2.27. The number of β-amino-alcohol motifs (C(OH)–C–C–N with tert-alkyl or cyclic N) is 1. The molecule has 0 radical (unpaired) electrons. The molecule has 17 nitrogen and oxygen atoms in total. The van der Waals surface area contributed by atoms with Crippen molar-refractivity contribution in [1.29, 1.82) is 0 Å². The lowest BCUT2D eigenvalue weighted by atomic mass is 9.84. The van der Waals surface area contributed by atoms with Crippen LogP contribution in [0.1, 0.15) is 41.5 Å². The van der Waals surface area contributed by atoms with Crippen LogP contribution in [0.5, 0.6) is 0 Å². The van der Waals surface area contributed by atoms with E-state index in [1.54, 1.807) is 27.7 Å². The number of carbonyl (C=O) groups is 1. The van der Waals surface area contributed by atoms with Crippen LogP contribution in [-0.4, -0.2) is 191 Å². The molecule has 5 fully saturated rings. The molecule has 0 saturated carbocycles. The number of nitrogens with one attached hydrogen (secondary N) is 2. The van der Waals surface area contributed by atoms with Crippen molar-refractivity contribution in [3.05, 3.63) is 0 Å².